The summed E-state index contributed by atoms with van der Waals surface area (Å²) >= 11 is 1.28. The van der Waals surface area contributed by atoms with Crippen LogP contribution in [0, 0.1) is 0 Å². The van der Waals surface area contributed by atoms with Crippen LogP contribution in [0.1, 0.15) is 12.5 Å². The number of pyridine rings is 1. The lowest BCUT2D eigenvalue weighted by molar-refractivity contribution is -0.122. The highest BCUT2D eigenvalue weighted by Gasteiger charge is 2.32. The molecule has 0 atom stereocenters. The van der Waals surface area contributed by atoms with E-state index in [0.717, 1.165) is 0 Å². The molecule has 0 aliphatic carbocycles. The number of aromatic hydroxyl groups is 1. The fourth-order valence-corrected chi connectivity index (χ4v) is 3.59. The highest BCUT2D eigenvalue weighted by molar-refractivity contribution is 8.18. The third-order valence-corrected chi connectivity index (χ3v) is 4.87. The van der Waals surface area contributed by atoms with E-state index >= 15 is 0 Å². The first kappa shape index (κ1) is 18.8. The Morgan fingerprint density at radius 1 is 1.26 bits per heavy atom. The second-order valence-electron chi connectivity index (χ2n) is 5.52. The maximum atomic E-state index is 12.7. The second-order valence-corrected chi connectivity index (χ2v) is 6.53. The molecule has 1 aliphatic rings. The molecule has 1 aromatic carbocycles. The largest absolute Gasteiger partial charge is 0.502 e. The highest BCUT2D eigenvalue weighted by atomic mass is 32.2. The molecule has 7 nitrogen and oxygen atoms in total. The second kappa shape index (κ2) is 8.13. The molecule has 2 aromatic rings. The van der Waals surface area contributed by atoms with Crippen LogP contribution in [0.2, 0.25) is 0 Å². The van der Waals surface area contributed by atoms with Crippen LogP contribution < -0.4 is 9.47 Å². The lowest BCUT2D eigenvalue weighted by atomic mass is 10.1. The molecule has 1 amide bonds. The molecule has 1 saturated heterocycles. The van der Waals surface area contributed by atoms with Crippen molar-refractivity contribution in [3.63, 3.8) is 0 Å². The number of amides is 1. The molecule has 1 N–H and O–H groups in total. The number of phenols is 1. The van der Waals surface area contributed by atoms with E-state index in [4.69, 9.17) is 9.47 Å². The first-order valence-electron chi connectivity index (χ1n) is 8.23. The van der Waals surface area contributed by atoms with Gasteiger partial charge in [0, 0.05) is 12.7 Å². The molecular weight excluding hydrogens is 366 g/mol. The average molecular weight is 385 g/mol. The zero-order valence-corrected chi connectivity index (χ0v) is 16.0. The molecule has 1 fully saturated rings. The number of benzene rings is 1. The van der Waals surface area contributed by atoms with Crippen LogP contribution in [0.25, 0.3) is 6.08 Å². The van der Waals surface area contributed by atoms with Gasteiger partial charge in [-0.25, -0.2) is 9.98 Å². The van der Waals surface area contributed by atoms with Crippen LogP contribution in [-0.2, 0) is 4.79 Å². The summed E-state index contributed by atoms with van der Waals surface area (Å²) in [5, 5.41) is 10.6. The topological polar surface area (TPSA) is 84.2 Å². The van der Waals surface area contributed by atoms with Gasteiger partial charge in [0.05, 0.1) is 19.1 Å². The van der Waals surface area contributed by atoms with Gasteiger partial charge in [-0.1, -0.05) is 6.07 Å². The monoisotopic (exact) mass is 385 g/mol. The molecule has 8 heteroatoms. The molecule has 0 bridgehead atoms. The van der Waals surface area contributed by atoms with E-state index in [0.29, 0.717) is 28.0 Å². The number of nitrogens with zero attached hydrogens (tertiary/aromatic N) is 3. The van der Waals surface area contributed by atoms with Crippen LogP contribution in [0.3, 0.4) is 0 Å². The van der Waals surface area contributed by atoms with Crippen LogP contribution in [0.15, 0.2) is 46.4 Å². The van der Waals surface area contributed by atoms with Gasteiger partial charge in [0.25, 0.3) is 5.91 Å². The van der Waals surface area contributed by atoms with E-state index < -0.39 is 0 Å². The minimum absolute atomic E-state index is 0.0832. The molecule has 0 unspecified atom stereocenters. The number of thioether (sulfide) groups is 1. The molecular formula is C19H19N3O4S. The van der Waals surface area contributed by atoms with E-state index in [2.05, 4.69) is 9.98 Å². The van der Waals surface area contributed by atoms with Gasteiger partial charge in [0.2, 0.25) is 5.75 Å². The number of phenolic OH excluding ortho intramolecular Hbond substituents is 1. The van der Waals surface area contributed by atoms with Crippen molar-refractivity contribution in [1.29, 1.82) is 0 Å². The Labute approximate surface area is 161 Å². The Balaban J connectivity index is 1.98. The maximum absolute atomic E-state index is 12.7. The highest BCUT2D eigenvalue weighted by Crippen LogP contribution is 2.39. The summed E-state index contributed by atoms with van der Waals surface area (Å²) in [4.78, 5) is 23.5. The van der Waals surface area contributed by atoms with Crippen molar-refractivity contribution in [1.82, 2.24) is 9.88 Å². The van der Waals surface area contributed by atoms with Crippen LogP contribution in [-0.4, -0.2) is 46.8 Å². The van der Waals surface area contributed by atoms with Crippen molar-refractivity contribution < 1.29 is 19.4 Å². The summed E-state index contributed by atoms with van der Waals surface area (Å²) in [5.41, 5.74) is 0.674. The predicted octanol–water partition coefficient (Wildman–Crippen LogP) is 3.43. The fourth-order valence-electron chi connectivity index (χ4n) is 2.54. The quantitative estimate of drug-likeness (QED) is 0.794. The van der Waals surface area contributed by atoms with Gasteiger partial charge in [0.15, 0.2) is 22.5 Å². The van der Waals surface area contributed by atoms with Gasteiger partial charge in [-0.05, 0) is 54.6 Å². The zero-order valence-electron chi connectivity index (χ0n) is 15.2. The molecule has 0 saturated carbocycles. The molecule has 2 heterocycles. The number of carbonyl (C=O) groups is 1. The zero-order chi connectivity index (χ0) is 19.4. The lowest BCUT2D eigenvalue weighted by Crippen LogP contribution is -2.28. The first-order valence-corrected chi connectivity index (χ1v) is 9.05. The molecule has 0 radical (unpaired) electrons. The minimum Gasteiger partial charge on any atom is -0.502 e. The first-order chi connectivity index (χ1) is 13.1. The Bertz CT molecular complexity index is 887. The number of aliphatic imine (C=N–C) groups is 1. The third kappa shape index (κ3) is 3.90. The standard InChI is InChI=1S/C19H19N3O4S/c1-4-22-18(24)15(27-19(22)21-16-7-5-6-8-20-16)11-12-9-13(25-2)17(23)14(10-12)26-3/h5-11,23H,4H2,1-3H3/b15-11-,21-19+. The number of amidine groups is 1. The average Bonchev–Trinajstić information content (AvgIpc) is 2.97. The van der Waals surface area contributed by atoms with E-state index in [1.807, 2.05) is 19.1 Å². The third-order valence-electron chi connectivity index (χ3n) is 3.86. The van der Waals surface area contributed by atoms with Gasteiger partial charge in [-0.2, -0.15) is 0 Å². The number of rotatable bonds is 5. The molecule has 1 aliphatic heterocycles. The number of aromatic nitrogens is 1. The summed E-state index contributed by atoms with van der Waals surface area (Å²) in [6.07, 6.45) is 3.38. The summed E-state index contributed by atoms with van der Waals surface area (Å²) < 4.78 is 10.3. The van der Waals surface area contributed by atoms with Gasteiger partial charge in [0.1, 0.15) is 0 Å². The van der Waals surface area contributed by atoms with Crippen molar-refractivity contribution in [3.05, 3.63) is 47.0 Å². The molecule has 1 aromatic heterocycles. The number of hydrogen-bond donors (Lipinski definition) is 1. The van der Waals surface area contributed by atoms with Gasteiger partial charge in [-0.3, -0.25) is 9.69 Å². The van der Waals surface area contributed by atoms with E-state index in [9.17, 15) is 9.90 Å². The maximum Gasteiger partial charge on any atom is 0.266 e. The SMILES string of the molecule is CCN1C(=O)/C(=C/c2cc(OC)c(O)c(OC)c2)S/C1=N/c1ccccn1. The van der Waals surface area contributed by atoms with Crippen LogP contribution in [0.4, 0.5) is 5.82 Å². The number of ether oxygens (including phenoxy) is 2. The Kier molecular flexibility index (Phi) is 5.66. The van der Waals surface area contributed by atoms with Gasteiger partial charge < -0.3 is 14.6 Å². The predicted molar refractivity (Wildman–Crippen MR) is 105 cm³/mol. The van der Waals surface area contributed by atoms with Crippen molar-refractivity contribution in [3.8, 4) is 17.2 Å². The molecule has 3 rings (SSSR count). The van der Waals surface area contributed by atoms with Crippen molar-refractivity contribution in [2.24, 2.45) is 4.99 Å². The Morgan fingerprint density at radius 3 is 2.52 bits per heavy atom. The van der Waals surface area contributed by atoms with E-state index in [-0.39, 0.29) is 23.2 Å². The Hall–Kier alpha value is -3.00. The van der Waals surface area contributed by atoms with E-state index in [1.54, 1.807) is 35.4 Å². The lowest BCUT2D eigenvalue weighted by Gasteiger charge is -2.11. The molecule has 140 valence electrons. The normalized spacial score (nSPS) is 17.0. The summed E-state index contributed by atoms with van der Waals surface area (Å²) in [6, 6.07) is 8.72. The Morgan fingerprint density at radius 2 is 1.96 bits per heavy atom. The number of likely N-dealkylation sites (N-methyl/N-ethyl adjacent to an activating group) is 1. The fraction of sp³-hybridized carbons (Fsp3) is 0.211. The number of hydrogen-bond acceptors (Lipinski definition) is 7. The summed E-state index contributed by atoms with van der Waals surface area (Å²) in [6.45, 7) is 2.39. The molecule has 0 spiro atoms. The van der Waals surface area contributed by atoms with Crippen LogP contribution in [0.5, 0.6) is 17.2 Å². The van der Waals surface area contributed by atoms with Crippen molar-refractivity contribution in [2.45, 2.75) is 6.92 Å². The van der Waals surface area contributed by atoms with Crippen molar-refractivity contribution >= 4 is 34.7 Å². The molecule has 27 heavy (non-hydrogen) atoms. The van der Waals surface area contributed by atoms with Gasteiger partial charge in [-0.15, -0.1) is 0 Å². The summed E-state index contributed by atoms with van der Waals surface area (Å²) in [7, 11) is 2.91. The van der Waals surface area contributed by atoms with Crippen LogP contribution >= 0.6 is 11.8 Å². The van der Waals surface area contributed by atoms with Crippen molar-refractivity contribution in [2.75, 3.05) is 20.8 Å². The van der Waals surface area contributed by atoms with E-state index in [1.165, 1.54) is 26.0 Å². The number of carbonyl (C=O) groups excluding carboxylic acids is 1. The summed E-state index contributed by atoms with van der Waals surface area (Å²) in [5.74, 6) is 0.863. The minimum atomic E-state index is -0.136. The number of methoxy groups -OCH3 is 2. The van der Waals surface area contributed by atoms with Gasteiger partial charge >= 0.3 is 0 Å². The smallest absolute Gasteiger partial charge is 0.266 e.